The Balaban J connectivity index is 2.81. The molecule has 0 aromatic carbocycles. The fraction of sp³-hybridized carbons (Fsp3) is 0.667. The van der Waals surface area contributed by atoms with Crippen molar-refractivity contribution in [3.8, 4) is 0 Å². The fourth-order valence-corrected chi connectivity index (χ4v) is 1.42. The first-order valence-corrected chi connectivity index (χ1v) is 4.37. The summed E-state index contributed by atoms with van der Waals surface area (Å²) in [6, 6.07) is 0. The van der Waals surface area contributed by atoms with Gasteiger partial charge in [-0.2, -0.15) is 0 Å². The van der Waals surface area contributed by atoms with Crippen LogP contribution in [-0.2, 0) is 5.41 Å². The largest absolute Gasteiger partial charge is 0.384 e. The summed E-state index contributed by atoms with van der Waals surface area (Å²) >= 11 is 0. The predicted molar refractivity (Wildman–Crippen MR) is 50.9 cm³/mol. The van der Waals surface area contributed by atoms with Gasteiger partial charge in [0, 0.05) is 5.41 Å². The first-order chi connectivity index (χ1) is 5.56. The van der Waals surface area contributed by atoms with Gasteiger partial charge in [0.05, 0.1) is 6.20 Å². The van der Waals surface area contributed by atoms with Crippen LogP contribution in [0.1, 0.15) is 39.4 Å². The van der Waals surface area contributed by atoms with Crippen molar-refractivity contribution in [3.63, 3.8) is 0 Å². The molecule has 3 nitrogen and oxygen atoms in total. The molecule has 0 amide bonds. The molecule has 3 heteroatoms. The van der Waals surface area contributed by atoms with Crippen LogP contribution in [-0.4, -0.2) is 9.97 Å². The highest BCUT2D eigenvalue weighted by Gasteiger charge is 2.22. The number of hydrogen-bond donors (Lipinski definition) is 2. The Morgan fingerprint density at radius 2 is 2.25 bits per heavy atom. The molecule has 0 bridgehead atoms. The second-order valence-electron chi connectivity index (χ2n) is 3.82. The smallest absolute Gasteiger partial charge is 0.120 e. The van der Waals surface area contributed by atoms with Crippen molar-refractivity contribution in [1.29, 1.82) is 0 Å². The van der Waals surface area contributed by atoms with Gasteiger partial charge in [0.2, 0.25) is 0 Å². The summed E-state index contributed by atoms with van der Waals surface area (Å²) in [6.07, 6.45) is 3.96. The van der Waals surface area contributed by atoms with Gasteiger partial charge >= 0.3 is 0 Å². The lowest BCUT2D eigenvalue weighted by Crippen LogP contribution is -2.18. The van der Waals surface area contributed by atoms with Gasteiger partial charge < -0.3 is 10.7 Å². The number of nitrogen functional groups attached to an aromatic ring is 1. The monoisotopic (exact) mass is 167 g/mol. The highest BCUT2D eigenvalue weighted by molar-refractivity contribution is 5.26. The molecule has 0 aliphatic heterocycles. The van der Waals surface area contributed by atoms with Gasteiger partial charge in [0.1, 0.15) is 11.6 Å². The van der Waals surface area contributed by atoms with Crippen LogP contribution >= 0.6 is 0 Å². The van der Waals surface area contributed by atoms with Gasteiger partial charge in [-0.15, -0.1) is 0 Å². The number of nitrogens with one attached hydrogen (secondary N) is 1. The van der Waals surface area contributed by atoms with E-state index in [0.29, 0.717) is 5.82 Å². The van der Waals surface area contributed by atoms with Crippen molar-refractivity contribution >= 4 is 5.82 Å². The van der Waals surface area contributed by atoms with Crippen molar-refractivity contribution in [1.82, 2.24) is 9.97 Å². The Hall–Kier alpha value is -0.990. The summed E-state index contributed by atoms with van der Waals surface area (Å²) < 4.78 is 0. The Morgan fingerprint density at radius 3 is 2.67 bits per heavy atom. The van der Waals surface area contributed by atoms with E-state index in [1.807, 2.05) is 0 Å². The predicted octanol–water partition coefficient (Wildman–Crippen LogP) is 2.07. The van der Waals surface area contributed by atoms with E-state index in [1.54, 1.807) is 6.20 Å². The van der Waals surface area contributed by atoms with Crippen molar-refractivity contribution in [2.45, 2.75) is 39.0 Å². The third-order valence-electron chi connectivity index (χ3n) is 2.11. The van der Waals surface area contributed by atoms with Crippen LogP contribution in [0.15, 0.2) is 6.20 Å². The van der Waals surface area contributed by atoms with E-state index in [2.05, 4.69) is 30.7 Å². The summed E-state index contributed by atoms with van der Waals surface area (Å²) in [4.78, 5) is 7.29. The molecule has 0 radical (unpaired) electrons. The molecule has 3 N–H and O–H groups in total. The molecule has 1 rings (SSSR count). The van der Waals surface area contributed by atoms with E-state index < -0.39 is 0 Å². The van der Waals surface area contributed by atoms with Gasteiger partial charge in [-0.05, 0) is 6.42 Å². The molecule has 0 spiro atoms. The topological polar surface area (TPSA) is 54.7 Å². The molecule has 1 aromatic heterocycles. The molecular weight excluding hydrogens is 150 g/mol. The molecule has 68 valence electrons. The Bertz CT molecular complexity index is 250. The SMILES string of the molecule is CCCC(C)(C)c1ncc(N)[nH]1. The Labute approximate surface area is 73.4 Å². The highest BCUT2D eigenvalue weighted by atomic mass is 15.0. The summed E-state index contributed by atoms with van der Waals surface area (Å²) in [5.41, 5.74) is 5.67. The van der Waals surface area contributed by atoms with Gasteiger partial charge in [0.25, 0.3) is 0 Å². The Kier molecular flexibility index (Phi) is 2.40. The van der Waals surface area contributed by atoms with Crippen LogP contribution in [0.2, 0.25) is 0 Å². The normalized spacial score (nSPS) is 11.9. The zero-order chi connectivity index (χ0) is 9.19. The molecule has 1 aromatic rings. The summed E-state index contributed by atoms with van der Waals surface area (Å²) in [6.45, 7) is 6.53. The maximum Gasteiger partial charge on any atom is 0.120 e. The average molecular weight is 167 g/mol. The number of nitrogens with two attached hydrogens (primary N) is 1. The van der Waals surface area contributed by atoms with Crippen LogP contribution < -0.4 is 5.73 Å². The number of anilines is 1. The average Bonchev–Trinajstić information content (AvgIpc) is 2.36. The quantitative estimate of drug-likeness (QED) is 0.724. The van der Waals surface area contributed by atoms with E-state index in [4.69, 9.17) is 5.73 Å². The number of nitrogens with zero attached hydrogens (tertiary/aromatic N) is 1. The lowest BCUT2D eigenvalue weighted by atomic mass is 9.87. The van der Waals surface area contributed by atoms with E-state index >= 15 is 0 Å². The minimum absolute atomic E-state index is 0.117. The summed E-state index contributed by atoms with van der Waals surface area (Å²) in [5, 5.41) is 0. The third-order valence-corrected chi connectivity index (χ3v) is 2.11. The van der Waals surface area contributed by atoms with Crippen LogP contribution in [0, 0.1) is 0 Å². The van der Waals surface area contributed by atoms with Crippen molar-refractivity contribution in [2.75, 3.05) is 5.73 Å². The van der Waals surface area contributed by atoms with Gasteiger partial charge in [0.15, 0.2) is 0 Å². The third kappa shape index (κ3) is 1.78. The maximum absolute atomic E-state index is 5.55. The highest BCUT2D eigenvalue weighted by Crippen LogP contribution is 2.25. The van der Waals surface area contributed by atoms with Gasteiger partial charge in [-0.3, -0.25) is 0 Å². The van der Waals surface area contributed by atoms with E-state index in [0.717, 1.165) is 18.7 Å². The van der Waals surface area contributed by atoms with Crippen molar-refractivity contribution in [2.24, 2.45) is 0 Å². The van der Waals surface area contributed by atoms with Gasteiger partial charge in [-0.1, -0.05) is 27.2 Å². The molecule has 0 saturated heterocycles. The minimum Gasteiger partial charge on any atom is -0.384 e. The molecule has 1 heterocycles. The number of H-pyrrole nitrogens is 1. The van der Waals surface area contributed by atoms with E-state index in [-0.39, 0.29) is 5.41 Å². The first kappa shape index (κ1) is 9.10. The maximum atomic E-state index is 5.55. The molecule has 0 aliphatic carbocycles. The molecule has 12 heavy (non-hydrogen) atoms. The molecule has 0 fully saturated rings. The van der Waals surface area contributed by atoms with E-state index in [9.17, 15) is 0 Å². The van der Waals surface area contributed by atoms with Crippen LogP contribution in [0.3, 0.4) is 0 Å². The molecule has 0 unspecified atom stereocenters. The number of aromatic amines is 1. The van der Waals surface area contributed by atoms with Crippen molar-refractivity contribution < 1.29 is 0 Å². The number of imidazole rings is 1. The second-order valence-corrected chi connectivity index (χ2v) is 3.82. The van der Waals surface area contributed by atoms with Crippen molar-refractivity contribution in [3.05, 3.63) is 12.0 Å². The molecule has 0 saturated carbocycles. The fourth-order valence-electron chi connectivity index (χ4n) is 1.42. The van der Waals surface area contributed by atoms with Crippen LogP contribution in [0.5, 0.6) is 0 Å². The number of hydrogen-bond acceptors (Lipinski definition) is 2. The number of aromatic nitrogens is 2. The standard InChI is InChI=1S/C9H17N3/c1-4-5-9(2,3)8-11-6-7(10)12-8/h6H,4-5,10H2,1-3H3,(H,11,12). The molecule has 0 aliphatic rings. The second kappa shape index (κ2) is 3.17. The lowest BCUT2D eigenvalue weighted by molar-refractivity contribution is 0.449. The van der Waals surface area contributed by atoms with Crippen LogP contribution in [0.4, 0.5) is 5.82 Å². The van der Waals surface area contributed by atoms with E-state index in [1.165, 1.54) is 0 Å². The van der Waals surface area contributed by atoms with Gasteiger partial charge in [-0.25, -0.2) is 4.98 Å². The minimum atomic E-state index is 0.117. The first-order valence-electron chi connectivity index (χ1n) is 4.37. The summed E-state index contributed by atoms with van der Waals surface area (Å²) in [5.74, 6) is 1.64. The Morgan fingerprint density at radius 1 is 1.58 bits per heavy atom. The zero-order valence-corrected chi connectivity index (χ0v) is 8.02. The molecule has 0 atom stereocenters. The lowest BCUT2D eigenvalue weighted by Gasteiger charge is -2.20. The number of rotatable bonds is 3. The zero-order valence-electron chi connectivity index (χ0n) is 8.02. The summed E-state index contributed by atoms with van der Waals surface area (Å²) in [7, 11) is 0. The molecular formula is C9H17N3. The van der Waals surface area contributed by atoms with Crippen LogP contribution in [0.25, 0.3) is 0 Å².